The van der Waals surface area contributed by atoms with Gasteiger partial charge in [-0.3, -0.25) is 0 Å². The molecule has 0 aromatic heterocycles. The molecule has 0 aromatic carbocycles. The van der Waals surface area contributed by atoms with Gasteiger partial charge in [-0.15, -0.1) is 0 Å². The minimum Gasteiger partial charge on any atom is 2.00 e. The maximum atomic E-state index is 8.63. The Kier molecular flexibility index (Phi) is 52.2. The summed E-state index contributed by atoms with van der Waals surface area (Å²) in [6.07, 6.45) is 0. The Labute approximate surface area is 225 Å². The fourth-order valence-electron chi connectivity index (χ4n) is 0. The maximum absolute atomic E-state index is 8.63. The second kappa shape index (κ2) is 26.0. The zero-order valence-corrected chi connectivity index (χ0v) is 31.1. The molecular weight excluding hydrogens is 984 g/mol. The Morgan fingerprint density at radius 3 is 0.276 bits per heavy atom. The molecule has 0 amide bonds. The molecule has 160 valence electrons. The van der Waals surface area contributed by atoms with E-state index in [4.69, 9.17) is 71.6 Å². The van der Waals surface area contributed by atoms with E-state index in [2.05, 4.69) is 0 Å². The average molecular weight is 984 g/mol. The number of rotatable bonds is 0. The molecule has 0 rings (SSSR count). The van der Waals surface area contributed by atoms with Gasteiger partial charge in [-0.2, -0.15) is 0 Å². The van der Waals surface area contributed by atoms with E-state index in [1.807, 2.05) is 0 Å². The molecule has 0 saturated carbocycles. The molecule has 0 radical (unpaired) electrons. The van der Waals surface area contributed by atoms with Crippen LogP contribution >= 0.6 is 0 Å². The predicted molar refractivity (Wildman–Crippen MR) is 18.4 cm³/mol. The van der Waals surface area contributed by atoms with Crippen LogP contribution in [0.15, 0.2) is 0 Å². The van der Waals surface area contributed by atoms with E-state index in [0.29, 0.717) is 0 Å². The van der Waals surface area contributed by atoms with Crippen LogP contribution in [0.5, 0.6) is 0 Å². The third-order valence-corrected chi connectivity index (χ3v) is 0. The predicted octanol–water partition coefficient (Wildman–Crippen LogP) is -13.9. The van der Waals surface area contributed by atoms with Gasteiger partial charge in [-0.25, -0.2) is 0 Å². The van der Waals surface area contributed by atoms with Crippen LogP contribution in [0.1, 0.15) is 0 Å². The van der Waals surface area contributed by atoms with E-state index in [0.717, 1.165) is 0 Å². The van der Waals surface area contributed by atoms with E-state index in [1.54, 1.807) is 0 Å². The molecule has 20 nitrogen and oxygen atoms in total. The second-order valence-corrected chi connectivity index (χ2v) is 12.1. The first-order valence-corrected chi connectivity index (χ1v) is 19.7. The summed E-state index contributed by atoms with van der Waals surface area (Å²) in [7, 11) is 0. The first-order valence-electron chi connectivity index (χ1n) is 3.33. The average Bonchev–Trinajstić information content (AvgIpc) is 1.79. The first-order chi connectivity index (χ1) is 10.0. The molecule has 0 spiro atoms. The topological polar surface area (TPSA) is 401 Å². The molecule has 0 saturated heterocycles. The largest absolute Gasteiger partial charge is 2.00 e. The Hall–Kier alpha value is 3.35. The van der Waals surface area contributed by atoms with Crippen molar-refractivity contribution in [2.45, 2.75) is 0 Å². The van der Waals surface area contributed by atoms with Crippen LogP contribution in [-0.4, -0.2) is 34.7 Å². The summed E-state index contributed by atoms with van der Waals surface area (Å²) < 4.78 is 173. The molecule has 0 unspecified atom stereocenters. The Morgan fingerprint density at radius 1 is 0.276 bits per heavy atom. The fraction of sp³-hybridized carbons (Fsp3) is 0. The molecule has 0 N–H and O–H groups in total. The van der Waals surface area contributed by atoms with Crippen LogP contribution in [-0.2, 0) is 157 Å². The van der Waals surface area contributed by atoms with Gasteiger partial charge in [-0.1, -0.05) is 0 Å². The van der Waals surface area contributed by atoms with E-state index in [9.17, 15) is 0 Å². The number of hydrogen-bond donors (Lipinski definition) is 0. The molecule has 0 aliphatic heterocycles. The monoisotopic (exact) mass is 991 g/mol. The van der Waals surface area contributed by atoms with Crippen LogP contribution < -0.4 is 37.6 Å². The van der Waals surface area contributed by atoms with Gasteiger partial charge in [-0.05, 0) is 0 Å². The Morgan fingerprint density at radius 2 is 0.276 bits per heavy atom. The SMILES string of the molecule is [Al+3].[Al+3].[O]=[Mo](=[O])([O-])[O-].[O]=[Mo](=[O])([O-])[O-].[O]=[Mo](=[O])([O-])[O-].[O]=[Mo](=[O])([O-])[O-].[O]=[Mo](=[O])([O-])[O-].[Zn+2].[Zn+2]. The zero-order valence-electron chi connectivity index (χ0n) is 12.8. The third-order valence-electron chi connectivity index (χ3n) is 0. The van der Waals surface area contributed by atoms with Crippen LogP contribution in [0, 0.1) is 0 Å². The van der Waals surface area contributed by atoms with Gasteiger partial charge in [0.05, 0.1) is 0 Å². The van der Waals surface area contributed by atoms with Crippen LogP contribution in [0.4, 0.5) is 0 Å². The van der Waals surface area contributed by atoms with Gasteiger partial charge in [0, 0.05) is 0 Å². The smallest absolute Gasteiger partial charge is 2.00 e. The summed E-state index contributed by atoms with van der Waals surface area (Å²) in [6.45, 7) is 0. The summed E-state index contributed by atoms with van der Waals surface area (Å²) >= 11 is -30.1. The summed E-state index contributed by atoms with van der Waals surface area (Å²) in [4.78, 5) is 0. The standard InChI is InChI=1S/2Al.5Mo.20O.2Zn/q2*+3;;;;;;;;;;;;;;;;10*-1;2*+2. The van der Waals surface area contributed by atoms with E-state index in [1.165, 1.54) is 0 Å². The van der Waals surface area contributed by atoms with Gasteiger partial charge in [0.15, 0.2) is 0 Å². The van der Waals surface area contributed by atoms with E-state index < -0.39 is 83.7 Å². The summed E-state index contributed by atoms with van der Waals surface area (Å²) in [5, 5.41) is 0. The van der Waals surface area contributed by atoms with Crippen LogP contribution in [0.2, 0.25) is 0 Å². The summed E-state index contributed by atoms with van der Waals surface area (Å²) in [5.74, 6) is 0. The Bertz CT molecular complexity index is 629. The van der Waals surface area contributed by atoms with Crippen molar-refractivity contribution in [1.82, 2.24) is 0 Å². The van der Waals surface area contributed by atoms with Crippen LogP contribution in [0.25, 0.3) is 0 Å². The van der Waals surface area contributed by atoms with Gasteiger partial charge in [0.2, 0.25) is 0 Å². The normalized spacial score (nSPS) is 10.0. The minimum atomic E-state index is -6.02. The van der Waals surface area contributed by atoms with Crippen molar-refractivity contribution in [1.29, 1.82) is 0 Å². The Balaban J connectivity index is -0.0000000238. The van der Waals surface area contributed by atoms with Gasteiger partial charge in [0.25, 0.3) is 0 Å². The van der Waals surface area contributed by atoms with E-state index in [-0.39, 0.29) is 73.7 Å². The van der Waals surface area contributed by atoms with Gasteiger partial charge in [0.1, 0.15) is 0 Å². The van der Waals surface area contributed by atoms with Crippen molar-refractivity contribution in [3.63, 3.8) is 0 Å². The van der Waals surface area contributed by atoms with Crippen molar-refractivity contribution in [3.8, 4) is 0 Å². The van der Waals surface area contributed by atoms with Crippen molar-refractivity contribution in [2.75, 3.05) is 0 Å². The minimum absolute atomic E-state index is 0. The number of hydrogen-bond acceptors (Lipinski definition) is 20. The maximum Gasteiger partial charge on any atom is 2.00 e. The molecule has 29 heteroatoms. The van der Waals surface area contributed by atoms with Crippen molar-refractivity contribution in [2.24, 2.45) is 0 Å². The summed E-state index contributed by atoms with van der Waals surface area (Å²) in [6, 6.07) is 0. The molecule has 0 atom stereocenters. The van der Waals surface area contributed by atoms with Gasteiger partial charge >= 0.3 is 229 Å². The van der Waals surface area contributed by atoms with Crippen molar-refractivity contribution < 1.29 is 194 Å². The van der Waals surface area contributed by atoms with Crippen LogP contribution in [0.3, 0.4) is 0 Å². The molecule has 0 aromatic rings. The molecule has 29 heavy (non-hydrogen) atoms. The molecular formula is Al2Mo5O20Zn2. The molecule has 0 bridgehead atoms. The van der Waals surface area contributed by atoms with Crippen molar-refractivity contribution in [3.05, 3.63) is 0 Å². The first kappa shape index (κ1) is 58.3. The molecule has 0 heterocycles. The quantitative estimate of drug-likeness (QED) is 0.203. The fourth-order valence-corrected chi connectivity index (χ4v) is 0. The van der Waals surface area contributed by atoms with E-state index >= 15 is 0 Å². The molecule has 0 fully saturated rings. The van der Waals surface area contributed by atoms with Crippen molar-refractivity contribution >= 4 is 34.7 Å². The third kappa shape index (κ3) is 2400. The molecule has 0 aliphatic carbocycles. The second-order valence-electron chi connectivity index (χ2n) is 2.04. The summed E-state index contributed by atoms with van der Waals surface area (Å²) in [5.41, 5.74) is 0. The van der Waals surface area contributed by atoms with Gasteiger partial charge < -0.3 is 0 Å². The molecule has 0 aliphatic rings. The zero-order chi connectivity index (χ0) is 22.5.